The molecule has 188 valence electrons. The van der Waals surface area contributed by atoms with E-state index in [-0.39, 0.29) is 30.2 Å². The summed E-state index contributed by atoms with van der Waals surface area (Å²) >= 11 is 6.24. The van der Waals surface area contributed by atoms with Crippen molar-refractivity contribution >= 4 is 35.0 Å². The van der Waals surface area contributed by atoms with Crippen molar-refractivity contribution in [1.29, 1.82) is 0 Å². The van der Waals surface area contributed by atoms with Crippen molar-refractivity contribution in [3.8, 4) is 0 Å². The molecule has 0 aliphatic carbocycles. The number of carbonyl (C=O) groups is 3. The van der Waals surface area contributed by atoms with Gasteiger partial charge < -0.3 is 24.3 Å². The highest BCUT2D eigenvalue weighted by molar-refractivity contribution is 6.46. The number of aromatic amines is 1. The van der Waals surface area contributed by atoms with Crippen LogP contribution in [0.25, 0.3) is 5.76 Å². The molecule has 1 aliphatic rings. The number of Topliss-reactive ketones (excluding diaryl/α,β-unsaturated/α-hetero) is 1. The van der Waals surface area contributed by atoms with Gasteiger partial charge >= 0.3 is 5.97 Å². The molecule has 1 aromatic carbocycles. The average Bonchev–Trinajstić information content (AvgIpc) is 3.52. The fraction of sp³-hybridized carbons (Fsp3) is 0.308. The molecule has 10 heteroatoms. The number of carbonyl (C=O) groups excluding carboxylic acids is 3. The van der Waals surface area contributed by atoms with E-state index in [2.05, 4.69) is 9.97 Å². The van der Waals surface area contributed by atoms with Gasteiger partial charge in [-0.05, 0) is 50.5 Å². The van der Waals surface area contributed by atoms with Gasteiger partial charge in [0.2, 0.25) is 0 Å². The maximum atomic E-state index is 13.3. The monoisotopic (exact) mass is 510 g/mol. The lowest BCUT2D eigenvalue weighted by Gasteiger charge is -2.25. The van der Waals surface area contributed by atoms with E-state index in [1.54, 1.807) is 57.6 Å². The van der Waals surface area contributed by atoms with Crippen LogP contribution in [0.15, 0.2) is 48.6 Å². The van der Waals surface area contributed by atoms with Gasteiger partial charge in [0.15, 0.2) is 0 Å². The highest BCUT2D eigenvalue weighted by Gasteiger charge is 2.46. The van der Waals surface area contributed by atoms with Crippen LogP contribution in [-0.2, 0) is 20.9 Å². The van der Waals surface area contributed by atoms with E-state index in [0.29, 0.717) is 40.4 Å². The lowest BCUT2D eigenvalue weighted by atomic mass is 9.94. The number of rotatable bonds is 8. The van der Waals surface area contributed by atoms with Crippen molar-refractivity contribution in [3.63, 3.8) is 0 Å². The summed E-state index contributed by atoms with van der Waals surface area (Å²) in [5, 5.41) is 11.9. The number of esters is 1. The first-order valence-corrected chi connectivity index (χ1v) is 12.0. The van der Waals surface area contributed by atoms with Crippen LogP contribution >= 0.6 is 11.6 Å². The van der Waals surface area contributed by atoms with E-state index in [0.717, 1.165) is 0 Å². The smallest absolute Gasteiger partial charge is 0.355 e. The van der Waals surface area contributed by atoms with Gasteiger partial charge in [-0.15, -0.1) is 0 Å². The zero-order chi connectivity index (χ0) is 26.0. The van der Waals surface area contributed by atoms with Crippen molar-refractivity contribution in [2.24, 2.45) is 0 Å². The molecule has 1 amide bonds. The molecule has 3 heterocycles. The van der Waals surface area contributed by atoms with Crippen molar-refractivity contribution in [2.75, 3.05) is 13.2 Å². The van der Waals surface area contributed by atoms with E-state index >= 15 is 0 Å². The van der Waals surface area contributed by atoms with Gasteiger partial charge in [0.25, 0.3) is 11.7 Å². The first-order chi connectivity index (χ1) is 17.2. The minimum absolute atomic E-state index is 0.0505. The second-order valence-corrected chi connectivity index (χ2v) is 8.98. The van der Waals surface area contributed by atoms with Crippen molar-refractivity contribution in [3.05, 3.63) is 81.7 Å². The van der Waals surface area contributed by atoms with E-state index in [1.807, 2.05) is 10.8 Å². The Labute approximate surface area is 213 Å². The molecule has 4 rings (SSSR count). The van der Waals surface area contributed by atoms with Crippen LogP contribution < -0.4 is 0 Å². The van der Waals surface area contributed by atoms with E-state index < -0.39 is 23.7 Å². The maximum Gasteiger partial charge on any atom is 0.355 e. The molecule has 0 saturated carbocycles. The zero-order valence-corrected chi connectivity index (χ0v) is 21.0. The van der Waals surface area contributed by atoms with E-state index in [4.69, 9.17) is 16.3 Å². The summed E-state index contributed by atoms with van der Waals surface area (Å²) < 4.78 is 6.98. The number of aliphatic hydroxyl groups is 1. The third-order valence-electron chi connectivity index (χ3n) is 6.23. The van der Waals surface area contributed by atoms with Crippen LogP contribution in [0.1, 0.15) is 52.3 Å². The molecule has 0 bridgehead atoms. The number of aryl methyl sites for hydroxylation is 2. The van der Waals surface area contributed by atoms with Crippen LogP contribution in [0.2, 0.25) is 5.02 Å². The molecule has 0 spiro atoms. The number of imidazole rings is 1. The molecule has 1 saturated heterocycles. The number of amides is 1. The first kappa shape index (κ1) is 25.2. The third kappa shape index (κ3) is 4.66. The average molecular weight is 511 g/mol. The summed E-state index contributed by atoms with van der Waals surface area (Å²) in [6.45, 7) is 6.10. The van der Waals surface area contributed by atoms with Gasteiger partial charge in [0, 0.05) is 41.8 Å². The number of likely N-dealkylation sites (tertiary alicyclic amines) is 1. The summed E-state index contributed by atoms with van der Waals surface area (Å²) in [6, 6.07) is 6.03. The first-order valence-electron chi connectivity index (χ1n) is 11.6. The van der Waals surface area contributed by atoms with Gasteiger partial charge in [-0.3, -0.25) is 9.59 Å². The molecule has 0 radical (unpaired) electrons. The second kappa shape index (κ2) is 10.4. The number of benzene rings is 1. The normalized spacial score (nSPS) is 17.1. The van der Waals surface area contributed by atoms with Gasteiger partial charge in [-0.2, -0.15) is 0 Å². The van der Waals surface area contributed by atoms with Gasteiger partial charge in [0.1, 0.15) is 11.5 Å². The Bertz CT molecular complexity index is 1340. The molecule has 9 nitrogen and oxygen atoms in total. The quantitative estimate of drug-likeness (QED) is 0.203. The number of hydrogen-bond acceptors (Lipinski definition) is 6. The minimum Gasteiger partial charge on any atom is -0.507 e. The lowest BCUT2D eigenvalue weighted by molar-refractivity contribution is -0.139. The van der Waals surface area contributed by atoms with E-state index in [9.17, 15) is 19.5 Å². The largest absolute Gasteiger partial charge is 0.507 e. The van der Waals surface area contributed by atoms with Crippen LogP contribution in [0, 0.1) is 13.8 Å². The SMILES string of the molecule is CCOC(=O)c1[nH]c(C)c(C(O)=C2C(=O)C(=O)N(CCCn3ccnc3)[C@@H]2c2cccc(Cl)c2)c1C. The van der Waals surface area contributed by atoms with Crippen LogP contribution in [-0.4, -0.2) is 55.4 Å². The highest BCUT2D eigenvalue weighted by atomic mass is 35.5. The number of H-pyrrole nitrogens is 1. The third-order valence-corrected chi connectivity index (χ3v) is 6.47. The number of halogens is 1. The predicted octanol–water partition coefficient (Wildman–Crippen LogP) is 4.17. The molecule has 3 aromatic rings. The Balaban J connectivity index is 1.79. The molecule has 1 aliphatic heterocycles. The molecule has 2 N–H and O–H groups in total. The summed E-state index contributed by atoms with van der Waals surface area (Å²) in [5.41, 5.74) is 1.93. The summed E-state index contributed by atoms with van der Waals surface area (Å²) in [5.74, 6) is -2.41. The Morgan fingerprint density at radius 1 is 1.25 bits per heavy atom. The molecule has 0 unspecified atom stereocenters. The fourth-order valence-corrected chi connectivity index (χ4v) is 4.82. The Kier molecular flexibility index (Phi) is 7.30. The van der Waals surface area contributed by atoms with Crippen LogP contribution in [0.4, 0.5) is 0 Å². The summed E-state index contributed by atoms with van der Waals surface area (Å²) in [7, 11) is 0. The number of ether oxygens (including phenoxy) is 1. The number of aromatic nitrogens is 3. The number of ketones is 1. The Morgan fingerprint density at radius 3 is 2.69 bits per heavy atom. The number of nitrogens with zero attached hydrogens (tertiary/aromatic N) is 3. The van der Waals surface area contributed by atoms with Crippen molar-refractivity contribution in [1.82, 2.24) is 19.4 Å². The summed E-state index contributed by atoms with van der Waals surface area (Å²) in [4.78, 5) is 47.3. The molecular formula is C26H27ClN4O5. The fourth-order valence-electron chi connectivity index (χ4n) is 4.62. The maximum absolute atomic E-state index is 13.3. The predicted molar refractivity (Wildman–Crippen MR) is 134 cm³/mol. The molecule has 1 fully saturated rings. The number of nitrogens with one attached hydrogen (secondary N) is 1. The van der Waals surface area contributed by atoms with Gasteiger partial charge in [-0.25, -0.2) is 9.78 Å². The van der Waals surface area contributed by atoms with Gasteiger partial charge in [-0.1, -0.05) is 23.7 Å². The number of aliphatic hydroxyl groups excluding tert-OH is 1. The van der Waals surface area contributed by atoms with Gasteiger partial charge in [0.05, 0.1) is 24.5 Å². The highest BCUT2D eigenvalue weighted by Crippen LogP contribution is 2.41. The van der Waals surface area contributed by atoms with Crippen LogP contribution in [0.5, 0.6) is 0 Å². The molecular weight excluding hydrogens is 484 g/mol. The molecule has 1 atom stereocenters. The topological polar surface area (TPSA) is 118 Å². The summed E-state index contributed by atoms with van der Waals surface area (Å²) in [6.07, 6.45) is 5.74. The minimum atomic E-state index is -0.841. The standard InChI is InChI=1S/C26H27ClN4O5/c1-4-36-26(35)21-15(2)19(16(3)29-21)23(32)20-22(17-7-5-8-18(27)13-17)31(25(34)24(20)33)11-6-10-30-12-9-28-14-30/h5,7-9,12-14,22,29,32H,4,6,10-11H2,1-3H3/t22-/m1/s1. The Hall–Kier alpha value is -3.85. The van der Waals surface area contributed by atoms with E-state index in [1.165, 1.54) is 4.90 Å². The lowest BCUT2D eigenvalue weighted by Crippen LogP contribution is -2.31. The Morgan fingerprint density at radius 2 is 2.03 bits per heavy atom. The van der Waals surface area contributed by atoms with Crippen molar-refractivity contribution in [2.45, 2.75) is 39.8 Å². The molecule has 36 heavy (non-hydrogen) atoms. The number of hydrogen-bond donors (Lipinski definition) is 2. The van der Waals surface area contributed by atoms with Crippen LogP contribution in [0.3, 0.4) is 0 Å². The van der Waals surface area contributed by atoms with Crippen molar-refractivity contribution < 1.29 is 24.2 Å². The molecule has 2 aromatic heterocycles. The second-order valence-electron chi connectivity index (χ2n) is 8.55. The zero-order valence-electron chi connectivity index (χ0n) is 20.2.